The second-order valence-electron chi connectivity index (χ2n) is 5.70. The molecule has 1 N–H and O–H groups in total. The molecule has 2 rings (SSSR count). The van der Waals surface area contributed by atoms with Crippen molar-refractivity contribution in [2.45, 2.75) is 37.2 Å². The van der Waals surface area contributed by atoms with Crippen LogP contribution in [0.5, 0.6) is 0 Å². The highest BCUT2D eigenvalue weighted by molar-refractivity contribution is 8.00. The minimum atomic E-state index is -4.18. The molecule has 2 saturated heterocycles. The number of amides is 2. The van der Waals surface area contributed by atoms with Crippen LogP contribution in [0.25, 0.3) is 0 Å². The predicted octanol–water partition coefficient (Wildman–Crippen LogP) is 2.16. The molecule has 0 aliphatic carbocycles. The molecule has 122 valence electrons. The third kappa shape index (κ3) is 5.25. The summed E-state index contributed by atoms with van der Waals surface area (Å²) in [6, 6.07) is -0.423. The number of hydrogen-bond acceptors (Lipinski definition) is 3. The molecule has 0 aromatic carbocycles. The first-order chi connectivity index (χ1) is 9.85. The number of thioether (sulfide) groups is 1. The highest BCUT2D eigenvalue weighted by atomic mass is 32.2. The van der Waals surface area contributed by atoms with Crippen molar-refractivity contribution in [1.82, 2.24) is 15.1 Å². The maximum Gasteiger partial charge on any atom is 0.401 e. The molecular weight excluding hydrogens is 303 g/mol. The zero-order valence-corrected chi connectivity index (χ0v) is 13.0. The Hall–Kier alpha value is -0.630. The number of rotatable bonds is 3. The van der Waals surface area contributed by atoms with E-state index in [9.17, 15) is 18.0 Å². The zero-order valence-electron chi connectivity index (χ0n) is 12.2. The summed E-state index contributed by atoms with van der Waals surface area (Å²) in [7, 11) is 0. The largest absolute Gasteiger partial charge is 0.401 e. The van der Waals surface area contributed by atoms with E-state index in [-0.39, 0.29) is 18.6 Å². The summed E-state index contributed by atoms with van der Waals surface area (Å²) in [5, 5.41) is 3.39. The van der Waals surface area contributed by atoms with Crippen LogP contribution in [0.1, 0.15) is 19.8 Å². The summed E-state index contributed by atoms with van der Waals surface area (Å²) in [4.78, 5) is 15.1. The number of nitrogens with one attached hydrogen (secondary N) is 1. The number of urea groups is 1. The first kappa shape index (κ1) is 16.7. The van der Waals surface area contributed by atoms with E-state index in [4.69, 9.17) is 0 Å². The average molecular weight is 325 g/mol. The van der Waals surface area contributed by atoms with Gasteiger partial charge in [-0.25, -0.2) is 4.79 Å². The third-order valence-corrected chi connectivity index (χ3v) is 5.34. The summed E-state index contributed by atoms with van der Waals surface area (Å²) in [6.45, 7) is 2.46. The SMILES string of the molecule is C[C@H]1CN(C(=O)NC[C@@H]2CCCS2)CCN1CC(F)(F)F. The van der Waals surface area contributed by atoms with E-state index < -0.39 is 12.7 Å². The second-order valence-corrected chi connectivity index (χ2v) is 7.11. The zero-order chi connectivity index (χ0) is 15.5. The van der Waals surface area contributed by atoms with Gasteiger partial charge in [-0.15, -0.1) is 0 Å². The van der Waals surface area contributed by atoms with E-state index in [0.717, 1.165) is 12.2 Å². The van der Waals surface area contributed by atoms with Crippen molar-refractivity contribution in [3.63, 3.8) is 0 Å². The van der Waals surface area contributed by atoms with Gasteiger partial charge in [-0.05, 0) is 25.5 Å². The number of nitrogens with zero attached hydrogens (tertiary/aromatic N) is 2. The standard InChI is InChI=1S/C13H22F3N3OS/c1-10-8-18(4-5-19(10)9-13(14,15)16)12(20)17-7-11-3-2-6-21-11/h10-11H,2-9H2,1H3,(H,17,20)/t10-,11-/m0/s1. The van der Waals surface area contributed by atoms with Crippen LogP contribution in [0, 0.1) is 0 Å². The van der Waals surface area contributed by atoms with Crippen molar-refractivity contribution >= 4 is 17.8 Å². The van der Waals surface area contributed by atoms with Gasteiger partial charge in [0.25, 0.3) is 0 Å². The van der Waals surface area contributed by atoms with Gasteiger partial charge in [-0.3, -0.25) is 4.90 Å². The lowest BCUT2D eigenvalue weighted by Gasteiger charge is -2.40. The molecule has 2 aliphatic rings. The number of carbonyl (C=O) groups is 1. The molecule has 2 aliphatic heterocycles. The van der Waals surface area contributed by atoms with E-state index in [1.807, 2.05) is 11.8 Å². The van der Waals surface area contributed by atoms with Gasteiger partial charge in [-0.1, -0.05) is 0 Å². The monoisotopic (exact) mass is 325 g/mol. The minimum absolute atomic E-state index is 0.152. The van der Waals surface area contributed by atoms with Crippen LogP contribution in [-0.2, 0) is 0 Å². The molecule has 2 amide bonds. The van der Waals surface area contributed by atoms with Crippen LogP contribution >= 0.6 is 11.8 Å². The van der Waals surface area contributed by atoms with Crippen molar-refractivity contribution in [2.75, 3.05) is 38.5 Å². The molecule has 0 saturated carbocycles. The van der Waals surface area contributed by atoms with Crippen molar-refractivity contribution in [3.8, 4) is 0 Å². The van der Waals surface area contributed by atoms with Crippen molar-refractivity contribution in [1.29, 1.82) is 0 Å². The van der Waals surface area contributed by atoms with Gasteiger partial charge >= 0.3 is 12.2 Å². The normalized spacial score (nSPS) is 27.9. The topological polar surface area (TPSA) is 35.6 Å². The second kappa shape index (κ2) is 7.09. The first-order valence-electron chi connectivity index (χ1n) is 7.30. The lowest BCUT2D eigenvalue weighted by molar-refractivity contribution is -0.153. The van der Waals surface area contributed by atoms with Crippen molar-refractivity contribution < 1.29 is 18.0 Å². The summed E-state index contributed by atoms with van der Waals surface area (Å²) < 4.78 is 37.3. The molecule has 2 atom stereocenters. The Morgan fingerprint density at radius 2 is 2.14 bits per heavy atom. The first-order valence-corrected chi connectivity index (χ1v) is 8.35. The molecule has 0 spiro atoms. The Morgan fingerprint density at radius 1 is 1.38 bits per heavy atom. The molecule has 2 fully saturated rings. The molecule has 0 radical (unpaired) electrons. The van der Waals surface area contributed by atoms with Crippen LogP contribution in [-0.4, -0.2) is 71.8 Å². The van der Waals surface area contributed by atoms with Gasteiger partial charge < -0.3 is 10.2 Å². The van der Waals surface area contributed by atoms with Gasteiger partial charge in [-0.2, -0.15) is 24.9 Å². The number of halogens is 3. The van der Waals surface area contributed by atoms with E-state index >= 15 is 0 Å². The highest BCUT2D eigenvalue weighted by Crippen LogP contribution is 2.25. The molecule has 0 bridgehead atoms. The van der Waals surface area contributed by atoms with E-state index in [1.54, 1.807) is 11.8 Å². The van der Waals surface area contributed by atoms with Gasteiger partial charge in [0, 0.05) is 37.5 Å². The lowest BCUT2D eigenvalue weighted by Crippen LogP contribution is -2.57. The molecule has 21 heavy (non-hydrogen) atoms. The number of carbonyl (C=O) groups excluding carboxylic acids is 1. The van der Waals surface area contributed by atoms with E-state index in [2.05, 4.69) is 5.32 Å². The lowest BCUT2D eigenvalue weighted by atomic mass is 10.2. The molecular formula is C13H22F3N3OS. The third-order valence-electron chi connectivity index (χ3n) is 3.94. The quantitative estimate of drug-likeness (QED) is 0.864. The molecule has 2 heterocycles. The maximum absolute atomic E-state index is 12.4. The average Bonchev–Trinajstić information content (AvgIpc) is 2.90. The number of hydrogen-bond donors (Lipinski definition) is 1. The van der Waals surface area contributed by atoms with E-state index in [0.29, 0.717) is 24.9 Å². The van der Waals surface area contributed by atoms with Crippen LogP contribution in [0.3, 0.4) is 0 Å². The Morgan fingerprint density at radius 3 is 2.71 bits per heavy atom. The highest BCUT2D eigenvalue weighted by Gasteiger charge is 2.36. The fraction of sp³-hybridized carbons (Fsp3) is 0.923. The molecule has 0 aromatic heterocycles. The van der Waals surface area contributed by atoms with Gasteiger partial charge in [0.1, 0.15) is 0 Å². The van der Waals surface area contributed by atoms with E-state index in [1.165, 1.54) is 11.3 Å². The molecule has 4 nitrogen and oxygen atoms in total. The molecule has 0 aromatic rings. The Balaban J connectivity index is 1.74. The summed E-state index contributed by atoms with van der Waals surface area (Å²) in [5.41, 5.74) is 0. The van der Waals surface area contributed by atoms with Gasteiger partial charge in [0.05, 0.1) is 6.54 Å². The van der Waals surface area contributed by atoms with Gasteiger partial charge in [0.2, 0.25) is 0 Å². The fourth-order valence-electron chi connectivity index (χ4n) is 2.76. The van der Waals surface area contributed by atoms with Crippen LogP contribution in [0.4, 0.5) is 18.0 Å². The molecule has 8 heteroatoms. The Labute approximate surface area is 127 Å². The summed E-state index contributed by atoms with van der Waals surface area (Å²) in [5.74, 6) is 1.15. The molecule has 0 unspecified atom stereocenters. The summed E-state index contributed by atoms with van der Waals surface area (Å²) in [6.07, 6.45) is -1.86. The Bertz CT molecular complexity index is 361. The smallest absolute Gasteiger partial charge is 0.337 e. The number of piperazine rings is 1. The van der Waals surface area contributed by atoms with Crippen LogP contribution in [0.15, 0.2) is 0 Å². The van der Waals surface area contributed by atoms with Crippen LogP contribution < -0.4 is 5.32 Å². The predicted molar refractivity (Wildman–Crippen MR) is 77.5 cm³/mol. The number of alkyl halides is 3. The minimum Gasteiger partial charge on any atom is -0.337 e. The fourth-order valence-corrected chi connectivity index (χ4v) is 3.96. The summed E-state index contributed by atoms with van der Waals surface area (Å²) >= 11 is 1.87. The Kier molecular flexibility index (Phi) is 5.65. The maximum atomic E-state index is 12.4. The van der Waals surface area contributed by atoms with Crippen molar-refractivity contribution in [3.05, 3.63) is 0 Å². The van der Waals surface area contributed by atoms with Gasteiger partial charge in [0.15, 0.2) is 0 Å². The van der Waals surface area contributed by atoms with Crippen LogP contribution in [0.2, 0.25) is 0 Å². The van der Waals surface area contributed by atoms with Crippen molar-refractivity contribution in [2.24, 2.45) is 0 Å².